The lowest BCUT2D eigenvalue weighted by molar-refractivity contribution is 1.29. The van der Waals surface area contributed by atoms with Gasteiger partial charge in [-0.2, -0.15) is 0 Å². The SMILES string of the molecule is C/C=C(\c1ccccc1C)c1c2ccccc2c(-c2cccc(N(c3ccc(-c4ccccc4)cc3)c3ccc4c(-c5ccc6ccccc6c5)c5ccccc5c(-c5ccc6ccccc6c5)c4c3)c2)c2ccccc12. The molecule has 0 fully saturated rings. The highest BCUT2D eigenvalue weighted by molar-refractivity contribution is 6.23. The molecule has 14 rings (SSSR count). The van der Waals surface area contributed by atoms with Crippen molar-refractivity contribution in [3.63, 3.8) is 0 Å². The van der Waals surface area contributed by atoms with Crippen LogP contribution >= 0.6 is 0 Å². The molecule has 1 heteroatoms. The van der Waals surface area contributed by atoms with Crippen molar-refractivity contribution in [3.8, 4) is 44.5 Å². The average Bonchev–Trinajstić information content (AvgIpc) is 3.61. The van der Waals surface area contributed by atoms with Crippen LogP contribution in [0.15, 0.2) is 285 Å². The Morgan fingerprint density at radius 3 is 1.29 bits per heavy atom. The molecule has 0 saturated heterocycles. The Morgan fingerprint density at radius 2 is 0.701 bits per heavy atom. The van der Waals surface area contributed by atoms with E-state index in [2.05, 4.69) is 304 Å². The molecule has 362 valence electrons. The monoisotopic (exact) mass is 979 g/mol. The molecule has 0 amide bonds. The lowest BCUT2D eigenvalue weighted by Gasteiger charge is -2.28. The van der Waals surface area contributed by atoms with Gasteiger partial charge in [0.25, 0.3) is 0 Å². The van der Waals surface area contributed by atoms with E-state index < -0.39 is 0 Å². The minimum Gasteiger partial charge on any atom is -0.310 e. The van der Waals surface area contributed by atoms with Crippen LogP contribution in [0.1, 0.15) is 23.6 Å². The van der Waals surface area contributed by atoms with Crippen molar-refractivity contribution in [2.45, 2.75) is 13.8 Å². The van der Waals surface area contributed by atoms with E-state index in [1.54, 1.807) is 0 Å². The first-order valence-electron chi connectivity index (χ1n) is 26.8. The molecule has 0 heterocycles. The number of rotatable bonds is 9. The summed E-state index contributed by atoms with van der Waals surface area (Å²) >= 11 is 0. The van der Waals surface area contributed by atoms with Gasteiger partial charge in [0.2, 0.25) is 0 Å². The van der Waals surface area contributed by atoms with Crippen LogP contribution in [-0.2, 0) is 0 Å². The Balaban J connectivity index is 1.03. The fraction of sp³-hybridized carbons (Fsp3) is 0.0263. The summed E-state index contributed by atoms with van der Waals surface area (Å²) in [5.41, 5.74) is 17.9. The molecular weight excluding hydrogens is 927 g/mol. The molecule has 0 aliphatic carbocycles. The van der Waals surface area contributed by atoms with Gasteiger partial charge in [-0.25, -0.2) is 0 Å². The van der Waals surface area contributed by atoms with Crippen molar-refractivity contribution in [3.05, 3.63) is 302 Å². The smallest absolute Gasteiger partial charge is 0.0468 e. The highest BCUT2D eigenvalue weighted by atomic mass is 15.1. The maximum Gasteiger partial charge on any atom is 0.0468 e. The third-order valence-electron chi connectivity index (χ3n) is 15.9. The van der Waals surface area contributed by atoms with Gasteiger partial charge in [0.15, 0.2) is 0 Å². The molecule has 0 unspecified atom stereocenters. The first-order valence-corrected chi connectivity index (χ1v) is 26.8. The summed E-state index contributed by atoms with van der Waals surface area (Å²) in [5.74, 6) is 0. The van der Waals surface area contributed by atoms with Crippen LogP contribution in [0.3, 0.4) is 0 Å². The Labute approximate surface area is 449 Å². The van der Waals surface area contributed by atoms with Gasteiger partial charge in [0, 0.05) is 17.1 Å². The summed E-state index contributed by atoms with van der Waals surface area (Å²) in [5, 5.41) is 14.7. The topological polar surface area (TPSA) is 3.24 Å². The largest absolute Gasteiger partial charge is 0.310 e. The molecule has 0 spiro atoms. The third kappa shape index (κ3) is 7.95. The van der Waals surface area contributed by atoms with Crippen molar-refractivity contribution in [2.75, 3.05) is 4.90 Å². The first-order chi connectivity index (χ1) is 38.1. The number of hydrogen-bond donors (Lipinski definition) is 0. The minimum absolute atomic E-state index is 1.07. The van der Waals surface area contributed by atoms with Crippen LogP contribution in [0.4, 0.5) is 17.1 Å². The van der Waals surface area contributed by atoms with Crippen molar-refractivity contribution < 1.29 is 0 Å². The zero-order chi connectivity index (χ0) is 51.4. The van der Waals surface area contributed by atoms with Gasteiger partial charge in [-0.3, -0.25) is 0 Å². The van der Waals surface area contributed by atoms with Gasteiger partial charge >= 0.3 is 0 Å². The van der Waals surface area contributed by atoms with Gasteiger partial charge in [0.05, 0.1) is 0 Å². The molecule has 0 bridgehead atoms. The highest BCUT2D eigenvalue weighted by Gasteiger charge is 2.23. The molecule has 14 aromatic carbocycles. The molecular formula is C76H53N. The van der Waals surface area contributed by atoms with Gasteiger partial charge in [0.1, 0.15) is 0 Å². The number of benzene rings is 14. The number of aryl methyl sites for hydroxylation is 1. The third-order valence-corrected chi connectivity index (χ3v) is 15.9. The minimum atomic E-state index is 1.07. The Morgan fingerprint density at radius 1 is 0.286 bits per heavy atom. The second kappa shape index (κ2) is 19.1. The van der Waals surface area contributed by atoms with Gasteiger partial charge in [-0.1, -0.05) is 237 Å². The van der Waals surface area contributed by atoms with Crippen LogP contribution in [0, 0.1) is 6.92 Å². The van der Waals surface area contributed by atoms with E-state index in [0.29, 0.717) is 0 Å². The lowest BCUT2D eigenvalue weighted by Crippen LogP contribution is -2.10. The van der Waals surface area contributed by atoms with Crippen LogP contribution < -0.4 is 4.90 Å². The first kappa shape index (κ1) is 45.8. The lowest BCUT2D eigenvalue weighted by atomic mass is 9.83. The standard InChI is InChI=1S/C76H53N/c1-3-63(64-29-12-7-20-50(64)2)76-69-34-17-15-32-67(69)73(68-33-16-18-35-70(68)76)57-27-19-28-61(48-57)77(60-42-40-54(41-43-60)51-21-5-4-6-22-51)62-44-45-71-72(49-62)75(59-39-37-53-24-9-11-26-56(53)47-59)66-31-14-13-30-65(66)74(71)58-38-36-52-23-8-10-25-55(52)46-58/h3-49H,1-2H3/b63-3+. The second-order valence-electron chi connectivity index (χ2n) is 20.3. The van der Waals surface area contributed by atoms with Gasteiger partial charge in [-0.05, 0) is 194 Å². The van der Waals surface area contributed by atoms with E-state index in [1.165, 1.54) is 126 Å². The molecule has 14 aromatic rings. The van der Waals surface area contributed by atoms with E-state index in [9.17, 15) is 0 Å². The van der Waals surface area contributed by atoms with E-state index in [4.69, 9.17) is 0 Å². The number of allylic oxidation sites excluding steroid dienone is 1. The Hall–Kier alpha value is -9.82. The molecule has 1 nitrogen and oxygen atoms in total. The molecule has 0 atom stereocenters. The van der Waals surface area contributed by atoms with Crippen LogP contribution in [0.2, 0.25) is 0 Å². The van der Waals surface area contributed by atoms with Crippen molar-refractivity contribution >= 4 is 87.3 Å². The van der Waals surface area contributed by atoms with E-state index in [-0.39, 0.29) is 0 Å². The molecule has 77 heavy (non-hydrogen) atoms. The number of fused-ring (bicyclic) bond motifs is 6. The summed E-state index contributed by atoms with van der Waals surface area (Å²) < 4.78 is 0. The van der Waals surface area contributed by atoms with Crippen LogP contribution in [0.5, 0.6) is 0 Å². The van der Waals surface area contributed by atoms with Crippen molar-refractivity contribution in [1.82, 2.24) is 0 Å². The van der Waals surface area contributed by atoms with Crippen LogP contribution in [-0.4, -0.2) is 0 Å². The maximum atomic E-state index is 2.46. The summed E-state index contributed by atoms with van der Waals surface area (Å²) in [7, 11) is 0. The molecule has 0 N–H and O–H groups in total. The van der Waals surface area contributed by atoms with E-state index in [0.717, 1.165) is 22.6 Å². The van der Waals surface area contributed by atoms with Gasteiger partial charge in [-0.15, -0.1) is 0 Å². The number of nitrogens with zero attached hydrogens (tertiary/aromatic N) is 1. The normalized spacial score (nSPS) is 11.8. The molecule has 0 aliphatic heterocycles. The average molecular weight is 980 g/mol. The highest BCUT2D eigenvalue weighted by Crippen LogP contribution is 2.49. The van der Waals surface area contributed by atoms with Crippen LogP contribution in [0.25, 0.3) is 115 Å². The maximum absolute atomic E-state index is 2.46. The summed E-state index contributed by atoms with van der Waals surface area (Å²) in [6.45, 7) is 4.39. The molecule has 0 aromatic heterocycles. The fourth-order valence-electron chi connectivity index (χ4n) is 12.3. The predicted molar refractivity (Wildman–Crippen MR) is 332 cm³/mol. The molecule has 0 radical (unpaired) electrons. The van der Waals surface area contributed by atoms with Gasteiger partial charge < -0.3 is 4.90 Å². The fourth-order valence-corrected chi connectivity index (χ4v) is 12.3. The summed E-state index contributed by atoms with van der Waals surface area (Å²) in [4.78, 5) is 2.46. The quantitative estimate of drug-likeness (QED) is 0.130. The van der Waals surface area contributed by atoms with Crippen molar-refractivity contribution in [1.29, 1.82) is 0 Å². The van der Waals surface area contributed by atoms with Crippen molar-refractivity contribution in [2.24, 2.45) is 0 Å². The summed E-state index contributed by atoms with van der Waals surface area (Å²) in [6, 6.07) is 103. The predicted octanol–water partition coefficient (Wildman–Crippen LogP) is 21.5. The van der Waals surface area contributed by atoms with E-state index >= 15 is 0 Å². The Kier molecular flexibility index (Phi) is 11.4. The number of hydrogen-bond acceptors (Lipinski definition) is 1. The second-order valence-corrected chi connectivity index (χ2v) is 20.3. The Bertz CT molecular complexity index is 4580. The molecule has 0 saturated carbocycles. The summed E-state index contributed by atoms with van der Waals surface area (Å²) in [6.07, 6.45) is 2.29. The number of anilines is 3. The zero-order valence-electron chi connectivity index (χ0n) is 43.1. The zero-order valence-corrected chi connectivity index (χ0v) is 43.1. The van der Waals surface area contributed by atoms with E-state index in [1.807, 2.05) is 0 Å². The molecule has 0 aliphatic rings.